The van der Waals surface area contributed by atoms with Crippen LogP contribution in [0.5, 0.6) is 0 Å². The van der Waals surface area contributed by atoms with Gasteiger partial charge in [0.2, 0.25) is 0 Å². The van der Waals surface area contributed by atoms with E-state index in [-0.39, 0.29) is 11.6 Å². The van der Waals surface area contributed by atoms with Crippen LogP contribution in [0.3, 0.4) is 0 Å². The van der Waals surface area contributed by atoms with Crippen molar-refractivity contribution in [2.24, 2.45) is 5.84 Å². The van der Waals surface area contributed by atoms with Crippen molar-refractivity contribution < 1.29 is 0 Å². The van der Waals surface area contributed by atoms with Crippen molar-refractivity contribution in [3.05, 3.63) is 15.9 Å². The van der Waals surface area contributed by atoms with E-state index in [4.69, 9.17) is 5.84 Å². The first kappa shape index (κ1) is 16.9. The van der Waals surface area contributed by atoms with Gasteiger partial charge in [0.05, 0.1) is 15.9 Å². The van der Waals surface area contributed by atoms with Crippen molar-refractivity contribution in [2.45, 2.75) is 65.1 Å². The summed E-state index contributed by atoms with van der Waals surface area (Å²) < 4.78 is 3.19. The molecular weight excluding hydrogens is 330 g/mol. The molecule has 6 heteroatoms. The van der Waals surface area contributed by atoms with E-state index in [2.05, 4.69) is 56.8 Å². The predicted octanol–water partition coefficient (Wildman–Crippen LogP) is 2.22. The summed E-state index contributed by atoms with van der Waals surface area (Å²) in [5.41, 5.74) is 5.35. The average molecular weight is 358 g/mol. The lowest BCUT2D eigenvalue weighted by molar-refractivity contribution is 0.105. The average Bonchev–Trinajstić information content (AvgIpc) is 3.07. The molecule has 21 heavy (non-hydrogen) atoms. The van der Waals surface area contributed by atoms with Gasteiger partial charge in [-0.2, -0.15) is 5.10 Å². The highest BCUT2D eigenvalue weighted by atomic mass is 79.9. The Morgan fingerprint density at radius 2 is 2.00 bits per heavy atom. The Labute approximate surface area is 136 Å². The van der Waals surface area contributed by atoms with Crippen LogP contribution in [0.25, 0.3) is 0 Å². The van der Waals surface area contributed by atoms with Crippen LogP contribution in [0.1, 0.15) is 45.0 Å². The number of hydrogen-bond acceptors (Lipinski definition) is 4. The number of aromatic nitrogens is 2. The molecule has 0 amide bonds. The Morgan fingerprint density at radius 3 is 2.52 bits per heavy atom. The zero-order valence-electron chi connectivity index (χ0n) is 13.6. The molecule has 0 aliphatic carbocycles. The van der Waals surface area contributed by atoms with Crippen LogP contribution in [0.15, 0.2) is 4.47 Å². The number of hydrazine groups is 1. The molecule has 0 radical (unpaired) electrons. The van der Waals surface area contributed by atoms with Crippen molar-refractivity contribution in [3.63, 3.8) is 0 Å². The van der Waals surface area contributed by atoms with E-state index in [1.54, 1.807) is 0 Å². The van der Waals surface area contributed by atoms with Crippen LogP contribution in [0.2, 0.25) is 0 Å². The number of nitrogens with zero attached hydrogens (tertiary/aromatic N) is 3. The summed E-state index contributed by atoms with van der Waals surface area (Å²) in [5.74, 6) is 5.90. The fourth-order valence-electron chi connectivity index (χ4n) is 3.28. The maximum Gasteiger partial charge on any atom is 0.0738 e. The van der Waals surface area contributed by atoms with Gasteiger partial charge in [0.15, 0.2) is 0 Å². The Hall–Kier alpha value is -0.430. The molecule has 0 aromatic carbocycles. The van der Waals surface area contributed by atoms with Crippen molar-refractivity contribution in [2.75, 3.05) is 13.1 Å². The Bertz CT molecular complexity index is 477. The standard InChI is InChI=1S/C15H28BrN5/c1-5-21-12(14(16)11(2)19-21)10-13(18-17)15(3,4)20-8-6-7-9-20/h13,18H,5-10,17H2,1-4H3. The summed E-state index contributed by atoms with van der Waals surface area (Å²) >= 11 is 3.68. The van der Waals surface area contributed by atoms with E-state index >= 15 is 0 Å². The maximum atomic E-state index is 5.90. The second-order valence-electron chi connectivity index (χ2n) is 6.43. The minimum atomic E-state index is 0.0292. The summed E-state index contributed by atoms with van der Waals surface area (Å²) in [5, 5.41) is 4.58. The molecule has 5 nitrogen and oxygen atoms in total. The number of rotatable bonds is 6. The lowest BCUT2D eigenvalue weighted by Gasteiger charge is -2.42. The molecule has 2 heterocycles. The fraction of sp³-hybridized carbons (Fsp3) is 0.800. The molecule has 1 aromatic heterocycles. The molecule has 1 saturated heterocycles. The van der Waals surface area contributed by atoms with Gasteiger partial charge in [-0.3, -0.25) is 20.9 Å². The van der Waals surface area contributed by atoms with Crippen LogP contribution in [0.4, 0.5) is 0 Å². The molecule has 3 N–H and O–H groups in total. The number of aryl methyl sites for hydroxylation is 2. The van der Waals surface area contributed by atoms with Gasteiger partial charge in [-0.1, -0.05) is 0 Å². The number of hydrogen-bond donors (Lipinski definition) is 2. The van der Waals surface area contributed by atoms with Crippen LogP contribution in [-0.2, 0) is 13.0 Å². The first-order valence-electron chi connectivity index (χ1n) is 7.84. The number of nitrogens with one attached hydrogen (secondary N) is 1. The summed E-state index contributed by atoms with van der Waals surface area (Å²) in [7, 11) is 0. The Kier molecular flexibility index (Phi) is 5.46. The van der Waals surface area contributed by atoms with Crippen molar-refractivity contribution in [1.29, 1.82) is 0 Å². The Balaban J connectivity index is 2.22. The van der Waals surface area contributed by atoms with Crippen molar-refractivity contribution in [1.82, 2.24) is 20.1 Å². The minimum Gasteiger partial charge on any atom is -0.297 e. The lowest BCUT2D eigenvalue weighted by atomic mass is 9.89. The van der Waals surface area contributed by atoms with Crippen LogP contribution in [0, 0.1) is 6.92 Å². The highest BCUT2D eigenvalue weighted by Gasteiger charge is 2.37. The van der Waals surface area contributed by atoms with Gasteiger partial charge in [0, 0.05) is 24.5 Å². The minimum absolute atomic E-state index is 0.0292. The van der Waals surface area contributed by atoms with E-state index in [1.165, 1.54) is 31.6 Å². The SMILES string of the molecule is CCn1nc(C)c(Br)c1CC(NN)C(C)(C)N1CCCC1. The molecule has 1 unspecified atom stereocenters. The summed E-state index contributed by atoms with van der Waals surface area (Å²) in [6.45, 7) is 11.9. The van der Waals surface area contributed by atoms with Crippen molar-refractivity contribution >= 4 is 15.9 Å². The molecule has 0 saturated carbocycles. The molecule has 1 aliphatic heterocycles. The molecular formula is C15H28BrN5. The monoisotopic (exact) mass is 357 g/mol. The number of halogens is 1. The van der Waals surface area contributed by atoms with Crippen LogP contribution in [-0.4, -0.2) is 39.4 Å². The lowest BCUT2D eigenvalue weighted by Crippen LogP contribution is -2.59. The van der Waals surface area contributed by atoms with Gasteiger partial charge < -0.3 is 0 Å². The quantitative estimate of drug-likeness (QED) is 0.605. The first-order valence-corrected chi connectivity index (χ1v) is 8.64. The summed E-state index contributed by atoms with van der Waals surface area (Å²) in [6, 6.07) is 0.188. The van der Waals surface area contributed by atoms with Crippen LogP contribution >= 0.6 is 15.9 Å². The Morgan fingerprint density at radius 1 is 1.38 bits per heavy atom. The summed E-state index contributed by atoms with van der Waals surface area (Å²) in [4.78, 5) is 2.55. The number of likely N-dealkylation sites (tertiary alicyclic amines) is 1. The molecule has 0 spiro atoms. The van der Waals surface area contributed by atoms with Gasteiger partial charge in [0.25, 0.3) is 0 Å². The highest BCUT2D eigenvalue weighted by Crippen LogP contribution is 2.29. The molecule has 1 aliphatic rings. The van der Waals surface area contributed by atoms with Gasteiger partial charge in [-0.15, -0.1) is 0 Å². The highest BCUT2D eigenvalue weighted by molar-refractivity contribution is 9.10. The van der Waals surface area contributed by atoms with Crippen molar-refractivity contribution in [3.8, 4) is 0 Å². The molecule has 2 rings (SSSR count). The zero-order chi connectivity index (χ0) is 15.6. The second kappa shape index (κ2) is 6.77. The van der Waals surface area contributed by atoms with E-state index in [0.29, 0.717) is 0 Å². The molecule has 1 fully saturated rings. The largest absolute Gasteiger partial charge is 0.297 e. The third kappa shape index (κ3) is 3.33. The molecule has 120 valence electrons. The molecule has 1 atom stereocenters. The third-order valence-electron chi connectivity index (χ3n) is 4.83. The van der Waals surface area contributed by atoms with Gasteiger partial charge in [-0.05, 0) is 69.6 Å². The molecule has 0 bridgehead atoms. The maximum absolute atomic E-state index is 5.90. The van der Waals surface area contributed by atoms with E-state index in [0.717, 1.165) is 23.1 Å². The van der Waals surface area contributed by atoms with Gasteiger partial charge >= 0.3 is 0 Å². The smallest absolute Gasteiger partial charge is 0.0738 e. The fourth-order valence-corrected chi connectivity index (χ4v) is 3.73. The topological polar surface area (TPSA) is 59.1 Å². The number of nitrogens with two attached hydrogens (primary N) is 1. The normalized spacial score (nSPS) is 18.4. The second-order valence-corrected chi connectivity index (χ2v) is 7.23. The predicted molar refractivity (Wildman–Crippen MR) is 90.0 cm³/mol. The van der Waals surface area contributed by atoms with E-state index in [1.807, 2.05) is 6.92 Å². The van der Waals surface area contributed by atoms with Gasteiger partial charge in [0.1, 0.15) is 0 Å². The third-order valence-corrected chi connectivity index (χ3v) is 5.86. The summed E-state index contributed by atoms with van der Waals surface area (Å²) in [6.07, 6.45) is 3.45. The van der Waals surface area contributed by atoms with Crippen LogP contribution < -0.4 is 11.3 Å². The zero-order valence-corrected chi connectivity index (χ0v) is 15.2. The van der Waals surface area contributed by atoms with Gasteiger partial charge in [-0.25, -0.2) is 0 Å². The van der Waals surface area contributed by atoms with E-state index < -0.39 is 0 Å². The van der Waals surface area contributed by atoms with E-state index in [9.17, 15) is 0 Å². The molecule has 1 aromatic rings. The first-order chi connectivity index (χ1) is 9.91.